The highest BCUT2D eigenvalue weighted by molar-refractivity contribution is 5.76. The maximum absolute atomic E-state index is 11.9. The molecule has 1 saturated heterocycles. The molecule has 2 aromatic rings. The Bertz CT molecular complexity index is 822. The Morgan fingerprint density at radius 3 is 2.69 bits per heavy atom. The van der Waals surface area contributed by atoms with E-state index in [0.29, 0.717) is 23.4 Å². The SMILES string of the molecule is CC(=O)N(Cc1ncnc2c1ncn2[C@@H]1O[C@H](CO)[C@@H](O)[C@H]1O)C1CC1. The number of hydrogen-bond acceptors (Lipinski definition) is 8. The third-order valence-electron chi connectivity index (χ3n) is 4.94. The maximum Gasteiger partial charge on any atom is 0.220 e. The van der Waals surface area contributed by atoms with Gasteiger partial charge >= 0.3 is 0 Å². The Balaban J connectivity index is 1.66. The highest BCUT2D eigenvalue weighted by atomic mass is 16.6. The van der Waals surface area contributed by atoms with Crippen molar-refractivity contribution >= 4 is 17.1 Å². The molecule has 3 heterocycles. The molecule has 4 rings (SSSR count). The van der Waals surface area contributed by atoms with Gasteiger partial charge in [-0.15, -0.1) is 0 Å². The van der Waals surface area contributed by atoms with Crippen molar-refractivity contribution in [3.8, 4) is 0 Å². The summed E-state index contributed by atoms with van der Waals surface area (Å²) in [5.74, 6) is -0.0119. The zero-order valence-electron chi connectivity index (χ0n) is 14.3. The van der Waals surface area contributed by atoms with E-state index in [1.165, 1.54) is 24.1 Å². The Kier molecular flexibility index (Phi) is 4.35. The Hall–Kier alpha value is -2.14. The van der Waals surface area contributed by atoms with Gasteiger partial charge in [-0.1, -0.05) is 0 Å². The molecule has 0 aromatic carbocycles. The van der Waals surface area contributed by atoms with Crippen molar-refractivity contribution in [1.82, 2.24) is 24.4 Å². The van der Waals surface area contributed by atoms with Crippen molar-refractivity contribution in [3.05, 3.63) is 18.3 Å². The molecule has 0 spiro atoms. The summed E-state index contributed by atoms with van der Waals surface area (Å²) in [6.45, 7) is 1.47. The molecule has 3 N–H and O–H groups in total. The van der Waals surface area contributed by atoms with E-state index in [4.69, 9.17) is 4.74 Å². The molecule has 10 heteroatoms. The number of ether oxygens (including phenoxy) is 1. The Morgan fingerprint density at radius 1 is 1.31 bits per heavy atom. The molecular formula is C16H21N5O5. The summed E-state index contributed by atoms with van der Waals surface area (Å²) in [4.78, 5) is 26.5. The fourth-order valence-corrected chi connectivity index (χ4v) is 3.36. The van der Waals surface area contributed by atoms with Crippen molar-refractivity contribution in [2.45, 2.75) is 56.9 Å². The lowest BCUT2D eigenvalue weighted by atomic mass is 10.1. The first-order valence-electron chi connectivity index (χ1n) is 8.57. The second-order valence-electron chi connectivity index (χ2n) is 6.75. The van der Waals surface area contributed by atoms with Crippen LogP contribution in [0.25, 0.3) is 11.2 Å². The lowest BCUT2D eigenvalue weighted by molar-refractivity contribution is -0.130. The number of aliphatic hydroxyl groups is 3. The quantitative estimate of drug-likeness (QED) is 0.613. The number of hydrogen-bond donors (Lipinski definition) is 3. The van der Waals surface area contributed by atoms with Gasteiger partial charge in [0.2, 0.25) is 5.91 Å². The molecule has 2 aromatic heterocycles. The lowest BCUT2D eigenvalue weighted by Crippen LogP contribution is -2.33. The molecule has 2 aliphatic rings. The number of fused-ring (bicyclic) bond motifs is 1. The standard InChI is InChI=1S/C16H21N5O5/c1-8(23)20(9-2-3-9)4-10-12-15(18-6-17-10)21(7-19-12)16-14(25)13(24)11(5-22)26-16/h6-7,9,11,13-14,16,22,24-25H,2-5H2,1H3/t11-,13-,14-,16-/m1/s1. The fraction of sp³-hybridized carbons (Fsp3) is 0.625. The maximum atomic E-state index is 11.9. The number of imidazole rings is 1. The van der Waals surface area contributed by atoms with Gasteiger partial charge in [0.15, 0.2) is 11.9 Å². The van der Waals surface area contributed by atoms with Crippen LogP contribution in [0.5, 0.6) is 0 Å². The van der Waals surface area contributed by atoms with Crippen molar-refractivity contribution < 1.29 is 24.9 Å². The van der Waals surface area contributed by atoms with Gasteiger partial charge in [-0.25, -0.2) is 15.0 Å². The van der Waals surface area contributed by atoms with Crippen LogP contribution in [0, 0.1) is 0 Å². The van der Waals surface area contributed by atoms with Crippen molar-refractivity contribution in [3.63, 3.8) is 0 Å². The topological polar surface area (TPSA) is 134 Å². The summed E-state index contributed by atoms with van der Waals surface area (Å²) < 4.78 is 7.06. The summed E-state index contributed by atoms with van der Waals surface area (Å²) in [6.07, 6.45) is 0.602. The number of aromatic nitrogens is 4. The first-order chi connectivity index (χ1) is 12.5. The van der Waals surface area contributed by atoms with Crippen LogP contribution in [-0.4, -0.2) is 76.6 Å². The van der Waals surface area contributed by atoms with Gasteiger partial charge in [0.05, 0.1) is 25.2 Å². The van der Waals surface area contributed by atoms with Crippen LogP contribution in [0.15, 0.2) is 12.7 Å². The number of aliphatic hydroxyl groups excluding tert-OH is 3. The fourth-order valence-electron chi connectivity index (χ4n) is 3.36. The summed E-state index contributed by atoms with van der Waals surface area (Å²) in [5.41, 5.74) is 1.56. The zero-order chi connectivity index (χ0) is 18.4. The van der Waals surface area contributed by atoms with Gasteiger partial charge < -0.3 is 25.0 Å². The predicted octanol–water partition coefficient (Wildman–Crippen LogP) is -1.05. The van der Waals surface area contributed by atoms with Crippen LogP contribution in [0.4, 0.5) is 0 Å². The van der Waals surface area contributed by atoms with Gasteiger partial charge in [-0.2, -0.15) is 0 Å². The van der Waals surface area contributed by atoms with E-state index in [0.717, 1.165) is 12.8 Å². The molecule has 140 valence electrons. The van der Waals surface area contributed by atoms with Gasteiger partial charge in [-0.05, 0) is 12.8 Å². The van der Waals surface area contributed by atoms with Crippen LogP contribution in [0.2, 0.25) is 0 Å². The summed E-state index contributed by atoms with van der Waals surface area (Å²) >= 11 is 0. The smallest absolute Gasteiger partial charge is 0.220 e. The zero-order valence-corrected chi connectivity index (χ0v) is 14.3. The number of carbonyl (C=O) groups is 1. The number of rotatable bonds is 5. The first kappa shape index (κ1) is 17.3. The summed E-state index contributed by atoms with van der Waals surface area (Å²) in [7, 11) is 0. The van der Waals surface area contributed by atoms with Crippen LogP contribution in [0.1, 0.15) is 31.7 Å². The Labute approximate surface area is 149 Å². The predicted molar refractivity (Wildman–Crippen MR) is 87.6 cm³/mol. The van der Waals surface area contributed by atoms with E-state index in [2.05, 4.69) is 15.0 Å². The highest BCUT2D eigenvalue weighted by Crippen LogP contribution is 2.32. The molecule has 0 unspecified atom stereocenters. The largest absolute Gasteiger partial charge is 0.394 e. The molecule has 0 bridgehead atoms. The molecule has 4 atom stereocenters. The molecule has 26 heavy (non-hydrogen) atoms. The second kappa shape index (κ2) is 6.54. The van der Waals surface area contributed by atoms with E-state index >= 15 is 0 Å². The molecule has 1 saturated carbocycles. The van der Waals surface area contributed by atoms with Crippen LogP contribution < -0.4 is 0 Å². The van der Waals surface area contributed by atoms with Gasteiger partial charge in [0.1, 0.15) is 30.2 Å². The molecule has 1 aliphatic carbocycles. The average Bonchev–Trinajstić information content (AvgIpc) is 3.31. The molecule has 1 amide bonds. The van der Waals surface area contributed by atoms with E-state index < -0.39 is 31.1 Å². The molecule has 1 aliphatic heterocycles. The van der Waals surface area contributed by atoms with Crippen molar-refractivity contribution in [2.24, 2.45) is 0 Å². The third-order valence-corrected chi connectivity index (χ3v) is 4.94. The molecule has 0 radical (unpaired) electrons. The number of carbonyl (C=O) groups excluding carboxylic acids is 1. The van der Waals surface area contributed by atoms with Crippen molar-refractivity contribution in [1.29, 1.82) is 0 Å². The average molecular weight is 363 g/mol. The highest BCUT2D eigenvalue weighted by Gasteiger charge is 2.44. The van der Waals surface area contributed by atoms with Crippen LogP contribution >= 0.6 is 0 Å². The molecular weight excluding hydrogens is 342 g/mol. The molecule has 2 fully saturated rings. The molecule has 10 nitrogen and oxygen atoms in total. The number of amides is 1. The van der Waals surface area contributed by atoms with Gasteiger partial charge in [0.25, 0.3) is 0 Å². The number of nitrogens with zero attached hydrogens (tertiary/aromatic N) is 5. The summed E-state index contributed by atoms with van der Waals surface area (Å²) in [6, 6.07) is 0.250. The van der Waals surface area contributed by atoms with Gasteiger partial charge in [0, 0.05) is 13.0 Å². The van der Waals surface area contributed by atoms with Crippen molar-refractivity contribution in [2.75, 3.05) is 6.61 Å². The minimum absolute atomic E-state index is 0.0119. The van der Waals surface area contributed by atoms with E-state index in [1.54, 1.807) is 4.90 Å². The van der Waals surface area contributed by atoms with Crippen LogP contribution in [0.3, 0.4) is 0 Å². The van der Waals surface area contributed by atoms with E-state index in [-0.39, 0.29) is 11.9 Å². The van der Waals surface area contributed by atoms with E-state index in [9.17, 15) is 20.1 Å². The first-order valence-corrected chi connectivity index (χ1v) is 8.57. The second-order valence-corrected chi connectivity index (χ2v) is 6.75. The lowest BCUT2D eigenvalue weighted by Gasteiger charge is -2.20. The van der Waals surface area contributed by atoms with Gasteiger partial charge in [-0.3, -0.25) is 9.36 Å². The third kappa shape index (κ3) is 2.84. The monoisotopic (exact) mass is 363 g/mol. The van der Waals surface area contributed by atoms with Crippen LogP contribution in [-0.2, 0) is 16.1 Å². The van der Waals surface area contributed by atoms with E-state index in [1.807, 2.05) is 0 Å². The normalized spacial score (nSPS) is 28.6. The minimum Gasteiger partial charge on any atom is -0.394 e. The summed E-state index contributed by atoms with van der Waals surface area (Å²) in [5, 5.41) is 29.4. The Morgan fingerprint density at radius 2 is 2.08 bits per heavy atom. The minimum atomic E-state index is -1.22.